The molecule has 2 heteroatoms. The molecule has 0 saturated heterocycles. The summed E-state index contributed by atoms with van der Waals surface area (Å²) in [5, 5.41) is 2.61. The summed E-state index contributed by atoms with van der Waals surface area (Å²) in [6.07, 6.45) is -0.00798. The van der Waals surface area contributed by atoms with Crippen molar-refractivity contribution >= 4 is 10.8 Å². The Morgan fingerprint density at radius 2 is 1.37 bits per heavy atom. The molecule has 0 spiro atoms. The van der Waals surface area contributed by atoms with Crippen LogP contribution in [0.25, 0.3) is 10.8 Å². The molecule has 30 heavy (non-hydrogen) atoms. The van der Waals surface area contributed by atoms with E-state index in [1.165, 1.54) is 27.5 Å². The third-order valence-electron chi connectivity index (χ3n) is 5.83. The van der Waals surface area contributed by atoms with Gasteiger partial charge in [-0.2, -0.15) is 0 Å². The second-order valence-electron chi connectivity index (χ2n) is 7.92. The maximum Gasteiger partial charge on any atom is 0.0981 e. The molecule has 0 aromatic heterocycles. The van der Waals surface area contributed by atoms with Gasteiger partial charge in [-0.15, -0.1) is 0 Å². The van der Waals surface area contributed by atoms with E-state index in [9.17, 15) is 0 Å². The van der Waals surface area contributed by atoms with E-state index in [4.69, 9.17) is 4.74 Å². The van der Waals surface area contributed by atoms with Crippen molar-refractivity contribution in [2.24, 2.45) is 0 Å². The first-order chi connectivity index (χ1) is 14.7. The first-order valence-electron chi connectivity index (χ1n) is 10.6. The Bertz CT molecular complexity index is 1060. The molecule has 152 valence electrons. The molecule has 4 aromatic rings. The summed E-state index contributed by atoms with van der Waals surface area (Å²) in [4.78, 5) is 2.39. The lowest BCUT2D eigenvalue weighted by atomic mass is 10.00. The van der Waals surface area contributed by atoms with Crippen LogP contribution in [0.15, 0.2) is 103 Å². The second-order valence-corrected chi connectivity index (χ2v) is 7.92. The van der Waals surface area contributed by atoms with Crippen molar-refractivity contribution < 1.29 is 4.74 Å². The van der Waals surface area contributed by atoms with Crippen LogP contribution in [-0.4, -0.2) is 18.0 Å². The summed E-state index contributed by atoms with van der Waals surface area (Å²) in [5.74, 6) is 0. The molecule has 0 fully saturated rings. The van der Waals surface area contributed by atoms with Crippen LogP contribution in [0, 0.1) is 0 Å². The van der Waals surface area contributed by atoms with Crippen molar-refractivity contribution in [1.29, 1.82) is 0 Å². The van der Waals surface area contributed by atoms with E-state index in [0.29, 0.717) is 6.61 Å². The zero-order valence-corrected chi connectivity index (χ0v) is 17.7. The van der Waals surface area contributed by atoms with Gasteiger partial charge in [0.25, 0.3) is 0 Å². The molecule has 2 unspecified atom stereocenters. The quantitative estimate of drug-likeness (QED) is 0.332. The van der Waals surface area contributed by atoms with E-state index < -0.39 is 0 Å². The zero-order chi connectivity index (χ0) is 20.8. The zero-order valence-electron chi connectivity index (χ0n) is 17.7. The molecule has 0 saturated carbocycles. The van der Waals surface area contributed by atoms with Gasteiger partial charge in [0.1, 0.15) is 0 Å². The minimum Gasteiger partial charge on any atom is -0.367 e. The normalized spacial score (nSPS) is 13.4. The Hall–Kier alpha value is -2.94. The number of nitrogens with zero attached hydrogens (tertiary/aromatic N) is 1. The van der Waals surface area contributed by atoms with Crippen LogP contribution in [0.1, 0.15) is 29.7 Å². The molecule has 2 nitrogen and oxygen atoms in total. The topological polar surface area (TPSA) is 12.5 Å². The highest BCUT2D eigenvalue weighted by Gasteiger charge is 2.24. The molecule has 0 heterocycles. The van der Waals surface area contributed by atoms with E-state index in [1.54, 1.807) is 0 Å². The molecule has 0 amide bonds. The average Bonchev–Trinajstić information content (AvgIpc) is 2.81. The number of ether oxygens (including phenoxy) is 1. The van der Waals surface area contributed by atoms with Crippen molar-refractivity contribution in [2.45, 2.75) is 32.2 Å². The van der Waals surface area contributed by atoms with E-state index in [2.05, 4.69) is 116 Å². The Kier molecular flexibility index (Phi) is 6.58. The Balaban J connectivity index is 1.54. The summed E-state index contributed by atoms with van der Waals surface area (Å²) in [6.45, 7) is 3.74. The van der Waals surface area contributed by atoms with Crippen molar-refractivity contribution in [2.75, 3.05) is 7.05 Å². The highest BCUT2D eigenvalue weighted by molar-refractivity contribution is 5.85. The van der Waals surface area contributed by atoms with Gasteiger partial charge in [0.15, 0.2) is 0 Å². The highest BCUT2D eigenvalue weighted by Crippen LogP contribution is 2.28. The van der Waals surface area contributed by atoms with Crippen molar-refractivity contribution in [3.05, 3.63) is 120 Å². The first kappa shape index (κ1) is 20.3. The fourth-order valence-electron chi connectivity index (χ4n) is 3.99. The maximum atomic E-state index is 6.48. The molecule has 4 aromatic carbocycles. The first-order valence-corrected chi connectivity index (χ1v) is 10.6. The third-order valence-corrected chi connectivity index (χ3v) is 5.83. The number of likely N-dealkylation sites (N-methyl/N-ethyl adjacent to an activating group) is 1. The lowest BCUT2D eigenvalue weighted by Gasteiger charge is -2.32. The molecule has 0 bridgehead atoms. The number of fused-ring (bicyclic) bond motifs is 1. The molecule has 0 N–H and O–H groups in total. The lowest BCUT2D eigenvalue weighted by Crippen LogP contribution is -2.35. The number of hydrogen-bond acceptors (Lipinski definition) is 2. The third kappa shape index (κ3) is 4.79. The number of rotatable bonds is 8. The van der Waals surface area contributed by atoms with Crippen LogP contribution in [-0.2, 0) is 17.9 Å². The van der Waals surface area contributed by atoms with Gasteiger partial charge < -0.3 is 4.74 Å². The maximum absolute atomic E-state index is 6.48. The van der Waals surface area contributed by atoms with Gasteiger partial charge >= 0.3 is 0 Å². The standard InChI is InChI=1S/C28H29NO/c1-22(29(2)20-26-18-11-17-24-14-9-10-19-27(24)26)28(25-15-7-4-8-16-25)30-21-23-12-5-3-6-13-23/h3-19,22,28H,20-21H2,1-2H3. The fraction of sp³-hybridized carbons (Fsp3) is 0.214. The van der Waals surface area contributed by atoms with Crippen LogP contribution in [0.5, 0.6) is 0 Å². The van der Waals surface area contributed by atoms with Crippen LogP contribution in [0.4, 0.5) is 0 Å². The summed E-state index contributed by atoms with van der Waals surface area (Å²) in [7, 11) is 2.19. The minimum absolute atomic E-state index is 0.00798. The Morgan fingerprint density at radius 1 is 0.733 bits per heavy atom. The largest absolute Gasteiger partial charge is 0.367 e. The smallest absolute Gasteiger partial charge is 0.0981 e. The van der Waals surface area contributed by atoms with Gasteiger partial charge in [-0.25, -0.2) is 0 Å². The molecule has 0 aliphatic rings. The van der Waals surface area contributed by atoms with Gasteiger partial charge in [-0.1, -0.05) is 103 Å². The van der Waals surface area contributed by atoms with Crippen LogP contribution in [0.2, 0.25) is 0 Å². The van der Waals surface area contributed by atoms with Crippen molar-refractivity contribution in [3.63, 3.8) is 0 Å². The van der Waals surface area contributed by atoms with Gasteiger partial charge in [-0.3, -0.25) is 4.90 Å². The van der Waals surface area contributed by atoms with E-state index >= 15 is 0 Å². The fourth-order valence-corrected chi connectivity index (χ4v) is 3.99. The summed E-state index contributed by atoms with van der Waals surface area (Å²) in [6, 6.07) is 36.3. The molecule has 4 rings (SSSR count). The van der Waals surface area contributed by atoms with Gasteiger partial charge in [-0.05, 0) is 41.4 Å². The molecule has 0 aliphatic heterocycles. The summed E-state index contributed by atoms with van der Waals surface area (Å²) >= 11 is 0. The van der Waals surface area contributed by atoms with Crippen molar-refractivity contribution in [3.8, 4) is 0 Å². The molecular formula is C28H29NO. The molecule has 0 radical (unpaired) electrons. The van der Waals surface area contributed by atoms with Crippen LogP contribution < -0.4 is 0 Å². The Labute approximate surface area is 179 Å². The van der Waals surface area contributed by atoms with E-state index in [1.807, 2.05) is 6.07 Å². The van der Waals surface area contributed by atoms with Crippen LogP contribution in [0.3, 0.4) is 0 Å². The SMILES string of the molecule is CC(C(OCc1ccccc1)c1ccccc1)N(C)Cc1cccc2ccccc12. The predicted molar refractivity (Wildman–Crippen MR) is 125 cm³/mol. The van der Waals surface area contributed by atoms with Crippen molar-refractivity contribution in [1.82, 2.24) is 4.90 Å². The summed E-state index contributed by atoms with van der Waals surface area (Å²) < 4.78 is 6.48. The van der Waals surface area contributed by atoms with E-state index in [-0.39, 0.29) is 12.1 Å². The van der Waals surface area contributed by atoms with Gasteiger partial charge in [0, 0.05) is 12.6 Å². The monoisotopic (exact) mass is 395 g/mol. The molecule has 2 atom stereocenters. The van der Waals surface area contributed by atoms with Gasteiger partial charge in [0.05, 0.1) is 12.7 Å². The van der Waals surface area contributed by atoms with Gasteiger partial charge in [0.2, 0.25) is 0 Å². The predicted octanol–water partition coefficient (Wildman–Crippen LogP) is 6.62. The average molecular weight is 396 g/mol. The molecular weight excluding hydrogens is 366 g/mol. The second kappa shape index (κ2) is 9.71. The highest BCUT2D eigenvalue weighted by atomic mass is 16.5. The van der Waals surface area contributed by atoms with E-state index in [0.717, 1.165) is 6.54 Å². The number of benzene rings is 4. The number of hydrogen-bond donors (Lipinski definition) is 0. The lowest BCUT2D eigenvalue weighted by molar-refractivity contribution is -0.0156. The molecule has 0 aliphatic carbocycles. The summed E-state index contributed by atoms with van der Waals surface area (Å²) in [5.41, 5.74) is 3.75. The van der Waals surface area contributed by atoms with Crippen LogP contribution >= 0.6 is 0 Å². The minimum atomic E-state index is -0.00798. The Morgan fingerprint density at radius 3 is 2.13 bits per heavy atom.